The van der Waals surface area contributed by atoms with E-state index in [0.717, 1.165) is 22.4 Å². The van der Waals surface area contributed by atoms with E-state index in [1.165, 1.54) is 23.1 Å². The lowest BCUT2D eigenvalue weighted by atomic mass is 9.95. The highest BCUT2D eigenvalue weighted by Gasteiger charge is 2.38. The van der Waals surface area contributed by atoms with Gasteiger partial charge in [0.15, 0.2) is 0 Å². The molecule has 0 saturated heterocycles. The van der Waals surface area contributed by atoms with Crippen molar-refractivity contribution in [3.05, 3.63) is 74.8 Å². The highest BCUT2D eigenvalue weighted by Crippen LogP contribution is 2.41. The Morgan fingerprint density at radius 2 is 1.96 bits per heavy atom. The minimum Gasteiger partial charge on any atom is -0.351 e. The van der Waals surface area contributed by atoms with Crippen LogP contribution in [0.2, 0.25) is 0 Å². The van der Waals surface area contributed by atoms with E-state index in [9.17, 15) is 13.2 Å². The van der Waals surface area contributed by atoms with Crippen LogP contribution in [0.15, 0.2) is 58.1 Å². The maximum absolute atomic E-state index is 13.5. The van der Waals surface area contributed by atoms with Crippen LogP contribution in [0.1, 0.15) is 33.8 Å². The summed E-state index contributed by atoms with van der Waals surface area (Å²) in [4.78, 5) is 13.2. The summed E-state index contributed by atoms with van der Waals surface area (Å²) < 4.78 is 28.9. The van der Waals surface area contributed by atoms with Crippen LogP contribution in [0.5, 0.6) is 0 Å². The summed E-state index contributed by atoms with van der Waals surface area (Å²) in [7, 11) is -3.65. The molecule has 1 atom stereocenters. The number of benzene rings is 1. The zero-order valence-electron chi connectivity index (χ0n) is 15.3. The Balaban J connectivity index is 1.71. The van der Waals surface area contributed by atoms with Gasteiger partial charge < -0.3 is 5.32 Å². The maximum Gasteiger partial charge on any atom is 0.253 e. The number of fused-ring (bicyclic) bond motifs is 1. The second-order valence-electron chi connectivity index (χ2n) is 6.61. The van der Waals surface area contributed by atoms with Crippen LogP contribution in [-0.2, 0) is 27.8 Å². The van der Waals surface area contributed by atoms with E-state index in [2.05, 4.69) is 5.32 Å². The number of sulfonamides is 1. The number of carbonyl (C=O) groups excluding carboxylic acids is 1. The van der Waals surface area contributed by atoms with Gasteiger partial charge >= 0.3 is 0 Å². The van der Waals surface area contributed by atoms with Crippen molar-refractivity contribution in [3.8, 4) is 0 Å². The van der Waals surface area contributed by atoms with E-state index in [1.54, 1.807) is 27.8 Å². The largest absolute Gasteiger partial charge is 0.351 e. The molecule has 0 spiro atoms. The summed E-state index contributed by atoms with van der Waals surface area (Å²) in [5.74, 6) is -0.136. The fourth-order valence-corrected chi connectivity index (χ4v) is 7.38. The molecule has 3 aromatic rings. The second kappa shape index (κ2) is 7.79. The van der Waals surface area contributed by atoms with Gasteiger partial charge in [0.05, 0.1) is 12.6 Å². The van der Waals surface area contributed by atoms with Crippen molar-refractivity contribution in [2.45, 2.75) is 30.1 Å². The number of hydrogen-bond donors (Lipinski definition) is 1. The summed E-state index contributed by atoms with van der Waals surface area (Å²) in [6, 6.07) is 14.9. The molecule has 4 rings (SSSR count). The van der Waals surface area contributed by atoms with Crippen LogP contribution in [0.25, 0.3) is 0 Å². The fourth-order valence-electron chi connectivity index (χ4n) is 3.45. The van der Waals surface area contributed by atoms with E-state index >= 15 is 0 Å². The van der Waals surface area contributed by atoms with Crippen molar-refractivity contribution in [2.75, 3.05) is 6.54 Å². The zero-order valence-corrected chi connectivity index (χ0v) is 17.7. The lowest BCUT2D eigenvalue weighted by Gasteiger charge is -2.34. The van der Waals surface area contributed by atoms with Crippen molar-refractivity contribution in [1.29, 1.82) is 0 Å². The van der Waals surface area contributed by atoms with Gasteiger partial charge in [0.25, 0.3) is 10.0 Å². The molecule has 5 nitrogen and oxygen atoms in total. The average Bonchev–Trinajstić information content (AvgIpc) is 3.35. The molecular formula is C20H20N2O3S3. The molecule has 1 amide bonds. The van der Waals surface area contributed by atoms with Gasteiger partial charge in [0.1, 0.15) is 4.21 Å². The van der Waals surface area contributed by atoms with Crippen molar-refractivity contribution < 1.29 is 13.2 Å². The summed E-state index contributed by atoms with van der Waals surface area (Å²) >= 11 is 2.90. The third-order valence-electron chi connectivity index (χ3n) is 4.75. The van der Waals surface area contributed by atoms with Crippen LogP contribution >= 0.6 is 22.7 Å². The average molecular weight is 433 g/mol. The first kappa shape index (κ1) is 19.3. The summed E-state index contributed by atoms with van der Waals surface area (Å²) in [6.45, 7) is 2.24. The van der Waals surface area contributed by atoms with E-state index in [1.807, 2.05) is 41.8 Å². The van der Waals surface area contributed by atoms with E-state index in [4.69, 9.17) is 0 Å². The molecule has 1 N–H and O–H groups in total. The fraction of sp³-hybridized carbons (Fsp3) is 0.250. The number of nitrogens with one attached hydrogen (secondary N) is 1. The molecule has 3 heterocycles. The lowest BCUT2D eigenvalue weighted by Crippen LogP contribution is -2.39. The SMILES string of the molecule is CC(=O)NCc1ccc(S(=O)(=O)N2CCc3sccc3C2c2ccccc2)s1. The molecule has 146 valence electrons. The summed E-state index contributed by atoms with van der Waals surface area (Å²) in [5.41, 5.74) is 2.04. The molecule has 0 saturated carbocycles. The topological polar surface area (TPSA) is 66.5 Å². The van der Waals surface area contributed by atoms with Crippen molar-refractivity contribution in [1.82, 2.24) is 9.62 Å². The molecule has 28 heavy (non-hydrogen) atoms. The number of thiophene rings is 2. The molecule has 0 aliphatic carbocycles. The Kier molecular flexibility index (Phi) is 5.37. The molecule has 1 aromatic carbocycles. The van der Waals surface area contributed by atoms with Gasteiger partial charge in [0, 0.05) is 23.2 Å². The monoisotopic (exact) mass is 432 g/mol. The zero-order chi connectivity index (χ0) is 19.7. The minimum absolute atomic E-state index is 0.136. The molecule has 0 bridgehead atoms. The van der Waals surface area contributed by atoms with Crippen LogP contribution in [0, 0.1) is 0 Å². The molecule has 8 heteroatoms. The Morgan fingerprint density at radius 3 is 2.71 bits per heavy atom. The molecule has 1 unspecified atom stereocenters. The minimum atomic E-state index is -3.65. The third-order valence-corrected chi connectivity index (χ3v) is 9.16. The van der Waals surface area contributed by atoms with Gasteiger partial charge in [-0.1, -0.05) is 30.3 Å². The standard InChI is InChI=1S/C20H20N2O3S3/c1-14(23)21-13-16-7-8-19(27-16)28(24,25)22-11-9-18-17(10-12-26-18)20(22)15-5-3-2-4-6-15/h2-8,10,12,20H,9,11,13H2,1H3,(H,21,23). The Bertz CT molecular complexity index is 1090. The van der Waals surface area contributed by atoms with Crippen LogP contribution < -0.4 is 5.32 Å². The van der Waals surface area contributed by atoms with Crippen LogP contribution in [0.3, 0.4) is 0 Å². The maximum atomic E-state index is 13.5. The van der Waals surface area contributed by atoms with Gasteiger partial charge in [-0.25, -0.2) is 8.42 Å². The van der Waals surface area contributed by atoms with E-state index in [0.29, 0.717) is 17.3 Å². The van der Waals surface area contributed by atoms with Gasteiger partial charge in [-0.3, -0.25) is 4.79 Å². The molecule has 0 radical (unpaired) electrons. The van der Waals surface area contributed by atoms with Gasteiger partial charge in [-0.2, -0.15) is 4.31 Å². The highest BCUT2D eigenvalue weighted by atomic mass is 32.2. The quantitative estimate of drug-likeness (QED) is 0.667. The number of rotatable bonds is 5. The van der Waals surface area contributed by atoms with Crippen molar-refractivity contribution in [2.24, 2.45) is 0 Å². The normalized spacial score (nSPS) is 17.2. The van der Waals surface area contributed by atoms with Crippen molar-refractivity contribution >= 4 is 38.6 Å². The Hall–Kier alpha value is -2.00. The predicted octanol–water partition coefficient (Wildman–Crippen LogP) is 3.78. The predicted molar refractivity (Wildman–Crippen MR) is 112 cm³/mol. The lowest BCUT2D eigenvalue weighted by molar-refractivity contribution is -0.119. The first-order valence-corrected chi connectivity index (χ1v) is 12.1. The van der Waals surface area contributed by atoms with Crippen LogP contribution in [0.4, 0.5) is 0 Å². The number of amides is 1. The number of carbonyl (C=O) groups is 1. The second-order valence-corrected chi connectivity index (χ2v) is 10.9. The molecular weight excluding hydrogens is 412 g/mol. The smallest absolute Gasteiger partial charge is 0.253 e. The number of hydrogen-bond acceptors (Lipinski definition) is 5. The molecule has 1 aliphatic heterocycles. The van der Waals surface area contributed by atoms with Crippen molar-refractivity contribution in [3.63, 3.8) is 0 Å². The number of nitrogens with zero attached hydrogens (tertiary/aromatic N) is 1. The Labute approximate surface area is 172 Å². The first-order chi connectivity index (χ1) is 13.5. The summed E-state index contributed by atoms with van der Waals surface area (Å²) in [5, 5.41) is 4.75. The third kappa shape index (κ3) is 3.65. The first-order valence-electron chi connectivity index (χ1n) is 8.93. The molecule has 0 fully saturated rings. The van der Waals surface area contributed by atoms with Gasteiger partial charge in [0.2, 0.25) is 5.91 Å². The Morgan fingerprint density at radius 1 is 1.18 bits per heavy atom. The van der Waals surface area contributed by atoms with E-state index in [-0.39, 0.29) is 11.9 Å². The van der Waals surface area contributed by atoms with E-state index < -0.39 is 10.0 Å². The van der Waals surface area contributed by atoms with Gasteiger partial charge in [-0.05, 0) is 41.1 Å². The highest BCUT2D eigenvalue weighted by molar-refractivity contribution is 7.91. The van der Waals surface area contributed by atoms with Crippen LogP contribution in [-0.4, -0.2) is 25.2 Å². The molecule has 1 aliphatic rings. The molecule has 2 aromatic heterocycles. The van der Waals surface area contributed by atoms with Gasteiger partial charge in [-0.15, -0.1) is 22.7 Å². The summed E-state index contributed by atoms with van der Waals surface area (Å²) in [6.07, 6.45) is 0.722.